The standard InChI is InChI=1S/C29H49BrO4Si/c1-10-11-12-13-20(2)26(31)24(30)15-22-23-17-29(32-18-28(6,7)19-33-29)16-21(23)14-25(22)34-35(8,9)27(3,4)5/h15,20-23,25-26,31H,10,13-14,16-19H2,1-9H3/t20-,21+,22+,23-,25+,26-/m0/s1. The van der Waals surface area contributed by atoms with Gasteiger partial charge in [-0.3, -0.25) is 0 Å². The highest BCUT2D eigenvalue weighted by Crippen LogP contribution is 2.57. The summed E-state index contributed by atoms with van der Waals surface area (Å²) >= 11 is 3.77. The van der Waals surface area contributed by atoms with Crippen molar-refractivity contribution in [3.05, 3.63) is 10.6 Å². The van der Waals surface area contributed by atoms with Crippen molar-refractivity contribution in [2.45, 2.75) is 117 Å². The summed E-state index contributed by atoms with van der Waals surface area (Å²) < 4.78 is 20.7. The SMILES string of the molecule is CCC#CC[C@H](C)[C@H](O)C(Br)=C[C@@H]1[C@H]2CC3(C[C@H]2C[C@H]1O[Si](C)(C)C(C)(C)C)OCC(C)(C)CO3. The highest BCUT2D eigenvalue weighted by Gasteiger charge is 2.58. The minimum atomic E-state index is -1.94. The number of fused-ring (bicyclic) bond motifs is 1. The van der Waals surface area contributed by atoms with Crippen LogP contribution in [-0.2, 0) is 13.9 Å². The van der Waals surface area contributed by atoms with Gasteiger partial charge >= 0.3 is 0 Å². The van der Waals surface area contributed by atoms with Gasteiger partial charge < -0.3 is 19.0 Å². The van der Waals surface area contributed by atoms with Crippen molar-refractivity contribution in [2.24, 2.45) is 29.1 Å². The number of hydrogen-bond acceptors (Lipinski definition) is 4. The van der Waals surface area contributed by atoms with Crippen LogP contribution in [-0.4, -0.2) is 44.6 Å². The summed E-state index contributed by atoms with van der Waals surface area (Å²) in [6.45, 7) is 21.6. The van der Waals surface area contributed by atoms with Gasteiger partial charge in [-0.1, -0.05) is 70.5 Å². The number of halogens is 1. The molecule has 2 saturated carbocycles. The fourth-order valence-electron chi connectivity index (χ4n) is 5.51. The first kappa shape index (κ1) is 29.4. The van der Waals surface area contributed by atoms with Crippen molar-refractivity contribution >= 4 is 24.2 Å². The molecule has 6 atom stereocenters. The van der Waals surface area contributed by atoms with Gasteiger partial charge in [0.15, 0.2) is 14.1 Å². The van der Waals surface area contributed by atoms with E-state index in [2.05, 4.69) is 95.4 Å². The van der Waals surface area contributed by atoms with Gasteiger partial charge in [-0.25, -0.2) is 0 Å². The first-order valence-corrected chi connectivity index (χ1v) is 17.3. The Morgan fingerprint density at radius 3 is 2.40 bits per heavy atom. The monoisotopic (exact) mass is 568 g/mol. The molecule has 1 heterocycles. The Balaban J connectivity index is 1.83. The van der Waals surface area contributed by atoms with Crippen LogP contribution in [0.3, 0.4) is 0 Å². The van der Waals surface area contributed by atoms with Crippen LogP contribution in [0.1, 0.15) is 80.6 Å². The molecule has 35 heavy (non-hydrogen) atoms. The van der Waals surface area contributed by atoms with E-state index in [0.29, 0.717) is 18.3 Å². The predicted octanol–water partition coefficient (Wildman–Crippen LogP) is 7.27. The molecule has 1 saturated heterocycles. The van der Waals surface area contributed by atoms with Crippen molar-refractivity contribution in [3.63, 3.8) is 0 Å². The molecule has 3 rings (SSSR count). The third kappa shape index (κ3) is 6.83. The van der Waals surface area contributed by atoms with Gasteiger partial charge in [0.2, 0.25) is 0 Å². The van der Waals surface area contributed by atoms with Gasteiger partial charge in [0.1, 0.15) is 0 Å². The normalized spacial score (nSPS) is 32.1. The Kier molecular flexibility index (Phi) is 9.16. The highest BCUT2D eigenvalue weighted by atomic mass is 79.9. The second-order valence-corrected chi connectivity index (χ2v) is 19.3. The summed E-state index contributed by atoms with van der Waals surface area (Å²) in [5.41, 5.74) is 0.0696. The van der Waals surface area contributed by atoms with Crippen LogP contribution in [0.5, 0.6) is 0 Å². The minimum absolute atomic E-state index is 0.0683. The molecule has 0 aromatic heterocycles. The van der Waals surface area contributed by atoms with E-state index in [4.69, 9.17) is 13.9 Å². The summed E-state index contributed by atoms with van der Waals surface area (Å²) in [7, 11) is -1.94. The molecular formula is C29H49BrO4Si. The summed E-state index contributed by atoms with van der Waals surface area (Å²) in [4.78, 5) is 0. The van der Waals surface area contributed by atoms with Gasteiger partial charge in [-0.2, -0.15) is 0 Å². The minimum Gasteiger partial charge on any atom is -0.413 e. The van der Waals surface area contributed by atoms with Crippen LogP contribution in [0.25, 0.3) is 0 Å². The lowest BCUT2D eigenvalue weighted by molar-refractivity contribution is -0.298. The van der Waals surface area contributed by atoms with Crippen molar-refractivity contribution in [1.82, 2.24) is 0 Å². The van der Waals surface area contributed by atoms with Crippen LogP contribution in [0.4, 0.5) is 0 Å². The molecule has 2 aliphatic carbocycles. The molecule has 200 valence electrons. The molecule has 1 aliphatic heterocycles. The molecule has 0 aromatic carbocycles. The van der Waals surface area contributed by atoms with Crippen LogP contribution in [0.15, 0.2) is 10.6 Å². The van der Waals surface area contributed by atoms with E-state index >= 15 is 0 Å². The number of ether oxygens (including phenoxy) is 2. The average molecular weight is 570 g/mol. The zero-order valence-electron chi connectivity index (χ0n) is 23.5. The average Bonchev–Trinajstić information content (AvgIpc) is 3.24. The fraction of sp³-hybridized carbons (Fsp3) is 0.862. The summed E-state index contributed by atoms with van der Waals surface area (Å²) in [6, 6.07) is 0. The van der Waals surface area contributed by atoms with Crippen molar-refractivity contribution in [1.29, 1.82) is 0 Å². The molecule has 4 nitrogen and oxygen atoms in total. The van der Waals surface area contributed by atoms with Crippen molar-refractivity contribution in [3.8, 4) is 11.8 Å². The second kappa shape index (κ2) is 10.9. The Bertz CT molecular complexity index is 824. The van der Waals surface area contributed by atoms with E-state index in [1.165, 1.54) is 0 Å². The molecule has 3 fully saturated rings. The number of aliphatic hydroxyl groups excluding tert-OH is 1. The lowest BCUT2D eigenvalue weighted by atomic mass is 9.89. The molecule has 1 spiro atoms. The molecule has 0 amide bonds. The molecular weight excluding hydrogens is 520 g/mol. The molecule has 0 unspecified atom stereocenters. The van der Waals surface area contributed by atoms with Gasteiger partial charge in [0.25, 0.3) is 0 Å². The first-order valence-electron chi connectivity index (χ1n) is 13.6. The fourth-order valence-corrected chi connectivity index (χ4v) is 7.63. The highest BCUT2D eigenvalue weighted by molar-refractivity contribution is 9.11. The lowest BCUT2D eigenvalue weighted by Gasteiger charge is -2.43. The van der Waals surface area contributed by atoms with Crippen LogP contribution < -0.4 is 0 Å². The zero-order valence-corrected chi connectivity index (χ0v) is 26.1. The third-order valence-corrected chi connectivity index (χ3v) is 14.0. The topological polar surface area (TPSA) is 47.9 Å². The lowest BCUT2D eigenvalue weighted by Crippen LogP contribution is -2.47. The van der Waals surface area contributed by atoms with Crippen molar-refractivity contribution in [2.75, 3.05) is 13.2 Å². The predicted molar refractivity (Wildman–Crippen MR) is 150 cm³/mol. The van der Waals surface area contributed by atoms with E-state index in [0.717, 1.165) is 43.4 Å². The molecule has 0 radical (unpaired) electrons. The smallest absolute Gasteiger partial charge is 0.192 e. The molecule has 1 N–H and O–H groups in total. The van der Waals surface area contributed by atoms with E-state index in [9.17, 15) is 5.11 Å². The van der Waals surface area contributed by atoms with E-state index in [1.807, 2.05) is 0 Å². The van der Waals surface area contributed by atoms with E-state index in [1.54, 1.807) is 0 Å². The first-order chi connectivity index (χ1) is 16.1. The quantitative estimate of drug-likeness (QED) is 0.270. The molecule has 6 heteroatoms. The number of hydrogen-bond donors (Lipinski definition) is 1. The van der Waals surface area contributed by atoms with Crippen LogP contribution in [0.2, 0.25) is 18.1 Å². The van der Waals surface area contributed by atoms with Gasteiger partial charge in [0, 0.05) is 41.5 Å². The second-order valence-electron chi connectivity index (χ2n) is 13.6. The summed E-state index contributed by atoms with van der Waals surface area (Å²) in [6.07, 6.45) is 6.29. The van der Waals surface area contributed by atoms with Gasteiger partial charge in [-0.15, -0.1) is 11.8 Å². The molecule has 3 aliphatic rings. The number of rotatable bonds is 6. The Morgan fingerprint density at radius 1 is 1.20 bits per heavy atom. The zero-order chi connectivity index (χ0) is 26.2. The van der Waals surface area contributed by atoms with Crippen molar-refractivity contribution < 1.29 is 19.0 Å². The number of aliphatic hydroxyl groups is 1. The van der Waals surface area contributed by atoms with Gasteiger partial charge in [-0.05, 0) is 42.3 Å². The third-order valence-electron chi connectivity index (χ3n) is 8.79. The van der Waals surface area contributed by atoms with E-state index in [-0.39, 0.29) is 28.4 Å². The van der Waals surface area contributed by atoms with Crippen LogP contribution in [0, 0.1) is 40.9 Å². The largest absolute Gasteiger partial charge is 0.413 e. The van der Waals surface area contributed by atoms with Gasteiger partial charge in [0.05, 0.1) is 25.4 Å². The van der Waals surface area contributed by atoms with E-state index < -0.39 is 20.2 Å². The molecule has 0 bridgehead atoms. The Hall–Kier alpha value is -0.163. The Labute approximate surface area is 224 Å². The molecule has 0 aromatic rings. The Morgan fingerprint density at radius 2 is 1.83 bits per heavy atom. The summed E-state index contributed by atoms with van der Waals surface area (Å²) in [5.74, 6) is 7.11. The maximum atomic E-state index is 11.1. The summed E-state index contributed by atoms with van der Waals surface area (Å²) in [5, 5.41) is 11.2. The maximum Gasteiger partial charge on any atom is 0.192 e. The maximum absolute atomic E-state index is 11.1. The van der Waals surface area contributed by atoms with Crippen LogP contribution >= 0.6 is 15.9 Å².